The number of imidazole rings is 1. The molecule has 0 saturated heterocycles. The summed E-state index contributed by atoms with van der Waals surface area (Å²) in [5, 5.41) is 9.15. The van der Waals surface area contributed by atoms with Crippen molar-refractivity contribution >= 4 is 40.7 Å². The molecule has 10 heteroatoms. The number of rotatable bonds is 6. The van der Waals surface area contributed by atoms with Gasteiger partial charge in [-0.3, -0.25) is 14.6 Å². The number of hydrogen-bond acceptors (Lipinski definition) is 6. The van der Waals surface area contributed by atoms with Gasteiger partial charge in [-0.25, -0.2) is 9.37 Å². The van der Waals surface area contributed by atoms with Crippen LogP contribution in [0.4, 0.5) is 15.8 Å². The highest BCUT2D eigenvalue weighted by Crippen LogP contribution is 2.33. The summed E-state index contributed by atoms with van der Waals surface area (Å²) in [6.07, 6.45) is 3.49. The molecule has 3 N–H and O–H groups in total. The van der Waals surface area contributed by atoms with E-state index in [1.165, 1.54) is 28.9 Å². The Hall–Kier alpha value is -3.66. The first-order chi connectivity index (χ1) is 14.9. The smallest absolute Gasteiger partial charge is 0.271 e. The third-order valence-electron chi connectivity index (χ3n) is 4.69. The number of carbonyl (C=O) groups is 2. The zero-order valence-corrected chi connectivity index (χ0v) is 17.3. The maximum Gasteiger partial charge on any atom is 0.271 e. The molecule has 0 spiro atoms. The number of primary amides is 1. The molecule has 2 aromatic carbocycles. The molecule has 0 saturated carbocycles. The summed E-state index contributed by atoms with van der Waals surface area (Å²) in [5.74, 6) is -1.61. The largest absolute Gasteiger partial charge is 0.368 e. The van der Waals surface area contributed by atoms with Gasteiger partial charge in [0.1, 0.15) is 17.6 Å². The molecule has 8 nitrogen and oxygen atoms in total. The molecule has 1 atom stereocenters. The predicted molar refractivity (Wildman–Crippen MR) is 116 cm³/mol. The van der Waals surface area contributed by atoms with Crippen molar-refractivity contribution < 1.29 is 14.0 Å². The molecule has 0 aliphatic carbocycles. The molecule has 1 aromatic heterocycles. The van der Waals surface area contributed by atoms with E-state index in [4.69, 9.17) is 5.73 Å². The van der Waals surface area contributed by atoms with E-state index in [1.54, 1.807) is 42.7 Å². The molecule has 4 rings (SSSR count). The van der Waals surface area contributed by atoms with Crippen LogP contribution in [0.1, 0.15) is 6.42 Å². The molecule has 1 unspecified atom stereocenters. The molecule has 3 aromatic rings. The molecule has 2 heterocycles. The number of aryl methyl sites for hydroxylation is 1. The Kier molecular flexibility index (Phi) is 5.72. The molecule has 2 amide bonds. The monoisotopic (exact) mass is 438 g/mol. The van der Waals surface area contributed by atoms with Gasteiger partial charge in [0, 0.05) is 30.8 Å². The lowest BCUT2D eigenvalue weighted by Crippen LogP contribution is -2.39. The fourth-order valence-corrected chi connectivity index (χ4v) is 3.99. The summed E-state index contributed by atoms with van der Waals surface area (Å²) in [6.45, 7) is 0. The Balaban J connectivity index is 1.59. The third kappa shape index (κ3) is 4.43. The van der Waals surface area contributed by atoms with E-state index in [-0.39, 0.29) is 17.8 Å². The quantitative estimate of drug-likeness (QED) is 0.616. The Morgan fingerprint density at radius 1 is 1.23 bits per heavy atom. The lowest BCUT2D eigenvalue weighted by atomic mass is 10.1. The van der Waals surface area contributed by atoms with Crippen molar-refractivity contribution in [3.05, 3.63) is 66.7 Å². The summed E-state index contributed by atoms with van der Waals surface area (Å²) < 4.78 is 15.7. The van der Waals surface area contributed by atoms with Crippen LogP contribution in [0.5, 0.6) is 0 Å². The number of benzene rings is 2. The van der Waals surface area contributed by atoms with Crippen molar-refractivity contribution in [2.45, 2.75) is 22.5 Å². The second-order valence-electron chi connectivity index (χ2n) is 6.87. The minimum atomic E-state index is -0.780. The van der Waals surface area contributed by atoms with Gasteiger partial charge in [-0.15, -0.1) is 0 Å². The number of nitrogens with zero attached hydrogens (tertiary/aromatic N) is 4. The number of anilines is 2. The number of halogens is 1. The SMILES string of the molecule is Cn1ccnc1Sc1ccc(F)cc1NC(=O)C1=NN(c2ccccc2)C(C(N)=O)C1. The van der Waals surface area contributed by atoms with E-state index in [0.717, 1.165) is 0 Å². The maximum atomic E-state index is 13.9. The molecule has 31 heavy (non-hydrogen) atoms. The first-order valence-electron chi connectivity index (χ1n) is 9.39. The standard InChI is InChI=1S/C21H19FN6O2S/c1-27-10-9-24-21(27)31-18-8-7-13(22)11-15(18)25-20(30)16-12-17(19(23)29)28(26-16)14-5-3-2-4-6-14/h2-11,17H,12H2,1H3,(H2,23,29)(H,25,30). The minimum absolute atomic E-state index is 0.0488. The van der Waals surface area contributed by atoms with Gasteiger partial charge in [0.15, 0.2) is 5.16 Å². The highest BCUT2D eigenvalue weighted by atomic mass is 32.2. The lowest BCUT2D eigenvalue weighted by Gasteiger charge is -2.20. The van der Waals surface area contributed by atoms with Gasteiger partial charge < -0.3 is 15.6 Å². The van der Waals surface area contributed by atoms with E-state index in [1.807, 2.05) is 17.7 Å². The van der Waals surface area contributed by atoms with E-state index in [9.17, 15) is 14.0 Å². The van der Waals surface area contributed by atoms with Crippen LogP contribution < -0.4 is 16.1 Å². The number of hydrazone groups is 1. The van der Waals surface area contributed by atoms with Crippen molar-refractivity contribution in [1.29, 1.82) is 0 Å². The zero-order chi connectivity index (χ0) is 22.0. The summed E-state index contributed by atoms with van der Waals surface area (Å²) >= 11 is 1.29. The van der Waals surface area contributed by atoms with Gasteiger partial charge in [0.05, 0.1) is 11.4 Å². The van der Waals surface area contributed by atoms with Crippen LogP contribution in [-0.2, 0) is 16.6 Å². The first-order valence-corrected chi connectivity index (χ1v) is 10.2. The summed E-state index contributed by atoms with van der Waals surface area (Å²) in [5.41, 5.74) is 6.59. The van der Waals surface area contributed by atoms with Crippen molar-refractivity contribution in [3.8, 4) is 0 Å². The van der Waals surface area contributed by atoms with Gasteiger partial charge in [0.25, 0.3) is 5.91 Å². The predicted octanol–water partition coefficient (Wildman–Crippen LogP) is 2.77. The summed E-state index contributed by atoms with van der Waals surface area (Å²) in [6, 6.07) is 12.3. The number of para-hydroxylation sites is 1. The molecule has 1 aliphatic heterocycles. The zero-order valence-electron chi connectivity index (χ0n) is 16.5. The Morgan fingerprint density at radius 3 is 2.68 bits per heavy atom. The van der Waals surface area contributed by atoms with Crippen LogP contribution in [0.15, 0.2) is 76.1 Å². The second kappa shape index (κ2) is 8.60. The van der Waals surface area contributed by atoms with Crippen LogP contribution in [0.2, 0.25) is 0 Å². The van der Waals surface area contributed by atoms with E-state index in [2.05, 4.69) is 15.4 Å². The molecular weight excluding hydrogens is 419 g/mol. The van der Waals surface area contributed by atoms with E-state index in [0.29, 0.717) is 15.7 Å². The molecule has 0 bridgehead atoms. The molecular formula is C21H19FN6O2S. The summed E-state index contributed by atoms with van der Waals surface area (Å²) in [7, 11) is 1.84. The maximum absolute atomic E-state index is 13.9. The lowest BCUT2D eigenvalue weighted by molar-refractivity contribution is -0.119. The van der Waals surface area contributed by atoms with Crippen molar-refractivity contribution in [2.75, 3.05) is 10.3 Å². The fourth-order valence-electron chi connectivity index (χ4n) is 3.12. The topological polar surface area (TPSA) is 106 Å². The van der Waals surface area contributed by atoms with Crippen LogP contribution in [0.25, 0.3) is 0 Å². The van der Waals surface area contributed by atoms with Gasteiger partial charge >= 0.3 is 0 Å². The first kappa shape index (κ1) is 20.6. The number of nitrogens with one attached hydrogen (secondary N) is 1. The fraction of sp³-hybridized carbons (Fsp3) is 0.143. The third-order valence-corrected chi connectivity index (χ3v) is 5.84. The average Bonchev–Trinajstić information content (AvgIpc) is 3.37. The van der Waals surface area contributed by atoms with Gasteiger partial charge in [0.2, 0.25) is 5.91 Å². The Morgan fingerprint density at radius 2 is 2.00 bits per heavy atom. The highest BCUT2D eigenvalue weighted by Gasteiger charge is 2.35. The van der Waals surface area contributed by atoms with Crippen molar-refractivity contribution in [3.63, 3.8) is 0 Å². The number of nitrogens with two attached hydrogens (primary N) is 1. The summed E-state index contributed by atoms with van der Waals surface area (Å²) in [4.78, 5) is 29.7. The number of carbonyl (C=O) groups excluding carboxylic acids is 2. The van der Waals surface area contributed by atoms with Crippen LogP contribution in [0.3, 0.4) is 0 Å². The average molecular weight is 438 g/mol. The van der Waals surface area contributed by atoms with Crippen molar-refractivity contribution in [2.24, 2.45) is 17.9 Å². The van der Waals surface area contributed by atoms with E-state index >= 15 is 0 Å². The Bertz CT molecular complexity index is 1160. The molecule has 0 radical (unpaired) electrons. The molecule has 158 valence electrons. The van der Waals surface area contributed by atoms with Crippen molar-refractivity contribution in [1.82, 2.24) is 9.55 Å². The molecule has 0 fully saturated rings. The molecule has 1 aliphatic rings. The van der Waals surface area contributed by atoms with Crippen LogP contribution in [0, 0.1) is 5.82 Å². The Labute approximate surface area is 181 Å². The van der Waals surface area contributed by atoms with Gasteiger partial charge in [-0.05, 0) is 42.1 Å². The van der Waals surface area contributed by atoms with Crippen LogP contribution >= 0.6 is 11.8 Å². The van der Waals surface area contributed by atoms with Crippen LogP contribution in [-0.4, -0.2) is 33.1 Å². The number of amides is 2. The number of aromatic nitrogens is 2. The normalized spacial score (nSPS) is 15.6. The highest BCUT2D eigenvalue weighted by molar-refractivity contribution is 7.99. The van der Waals surface area contributed by atoms with E-state index < -0.39 is 23.7 Å². The van der Waals surface area contributed by atoms with Gasteiger partial charge in [-0.2, -0.15) is 5.10 Å². The van der Waals surface area contributed by atoms with Gasteiger partial charge in [-0.1, -0.05) is 18.2 Å². The number of hydrogen-bond donors (Lipinski definition) is 2. The minimum Gasteiger partial charge on any atom is -0.368 e. The second-order valence-corrected chi connectivity index (χ2v) is 7.88.